The molecule has 6 heteroatoms. The smallest absolute Gasteiger partial charge is 0.233 e. The number of rotatable bonds is 4. The van der Waals surface area contributed by atoms with Crippen LogP contribution in [0.15, 0.2) is 96.6 Å². The molecule has 1 saturated heterocycles. The van der Waals surface area contributed by atoms with E-state index in [2.05, 4.69) is 6.08 Å². The Morgan fingerprint density at radius 3 is 2.21 bits per heavy atom. The second-order valence-corrected chi connectivity index (χ2v) is 14.2. The number of amides is 2. The molecule has 6 atom stereocenters. The topological polar surface area (TPSA) is 91.8 Å². The van der Waals surface area contributed by atoms with Gasteiger partial charge in [-0.25, -0.2) is 0 Å². The van der Waals surface area contributed by atoms with Crippen molar-refractivity contribution in [3.05, 3.63) is 119 Å². The Morgan fingerprint density at radius 2 is 1.51 bits per heavy atom. The van der Waals surface area contributed by atoms with Crippen molar-refractivity contribution in [3.63, 3.8) is 0 Å². The molecule has 2 amide bonds. The van der Waals surface area contributed by atoms with Crippen molar-refractivity contribution >= 4 is 29.0 Å². The summed E-state index contributed by atoms with van der Waals surface area (Å²) in [6, 6.07) is 24.3. The molecule has 0 radical (unpaired) electrons. The lowest BCUT2D eigenvalue weighted by Gasteiger charge is -2.55. The lowest BCUT2D eigenvalue weighted by atomic mass is 9.44. The van der Waals surface area contributed by atoms with Gasteiger partial charge >= 0.3 is 0 Å². The van der Waals surface area contributed by atoms with Crippen molar-refractivity contribution in [2.75, 3.05) is 0 Å². The number of aromatic hydroxyl groups is 1. The van der Waals surface area contributed by atoms with Gasteiger partial charge in [0.15, 0.2) is 11.6 Å². The highest BCUT2D eigenvalue weighted by atomic mass is 16.3. The van der Waals surface area contributed by atoms with Gasteiger partial charge < -0.3 is 5.11 Å². The van der Waals surface area contributed by atoms with Gasteiger partial charge in [-0.3, -0.25) is 24.1 Å². The first-order valence-electron chi connectivity index (χ1n) is 17.1. The second kappa shape index (κ2) is 11.3. The van der Waals surface area contributed by atoms with E-state index in [4.69, 9.17) is 0 Å². The molecule has 3 aromatic rings. The van der Waals surface area contributed by atoms with Gasteiger partial charge in [0.2, 0.25) is 11.8 Å². The third-order valence-electron chi connectivity index (χ3n) is 11.9. The first kappa shape index (κ1) is 29.8. The minimum Gasteiger partial charge on any atom is -0.508 e. The molecular weight excluding hydrogens is 586 g/mol. The highest BCUT2D eigenvalue weighted by molar-refractivity contribution is 6.31. The van der Waals surface area contributed by atoms with Crippen LogP contribution >= 0.6 is 0 Å². The molecule has 5 aliphatic rings. The van der Waals surface area contributed by atoms with Crippen molar-refractivity contribution < 1.29 is 24.3 Å². The molecule has 6 nitrogen and oxygen atoms in total. The highest BCUT2D eigenvalue weighted by Gasteiger charge is 2.66. The maximum atomic E-state index is 15.1. The number of hydrogen-bond donors (Lipinski definition) is 1. The van der Waals surface area contributed by atoms with Crippen LogP contribution in [0.2, 0.25) is 0 Å². The molecule has 3 aromatic carbocycles. The zero-order valence-electron chi connectivity index (χ0n) is 26.6. The Kier molecular flexibility index (Phi) is 7.16. The van der Waals surface area contributed by atoms with Crippen molar-refractivity contribution in [1.82, 2.24) is 4.90 Å². The van der Waals surface area contributed by atoms with E-state index in [0.29, 0.717) is 29.5 Å². The zero-order valence-corrected chi connectivity index (χ0v) is 26.6. The number of carbonyl (C=O) groups excluding carboxylic acids is 4. The van der Waals surface area contributed by atoms with Crippen LogP contribution in [0.4, 0.5) is 0 Å². The Bertz CT molecular complexity index is 1850. The number of fused-ring (bicyclic) bond motifs is 4. The lowest BCUT2D eigenvalue weighted by molar-refractivity contribution is -0.144. The van der Waals surface area contributed by atoms with Gasteiger partial charge in [-0.2, -0.15) is 0 Å². The van der Waals surface area contributed by atoms with Crippen LogP contribution in [0, 0.1) is 30.6 Å². The quantitative estimate of drug-likeness (QED) is 0.253. The Morgan fingerprint density at radius 1 is 0.809 bits per heavy atom. The van der Waals surface area contributed by atoms with E-state index >= 15 is 4.79 Å². The summed E-state index contributed by atoms with van der Waals surface area (Å²) in [5.41, 5.74) is 3.05. The van der Waals surface area contributed by atoms with Crippen LogP contribution in [0.25, 0.3) is 5.57 Å². The summed E-state index contributed by atoms with van der Waals surface area (Å²) in [7, 11) is 0. The summed E-state index contributed by atoms with van der Waals surface area (Å²) in [6.45, 7) is 1.83. The number of hydrogen-bond acceptors (Lipinski definition) is 5. The largest absolute Gasteiger partial charge is 0.508 e. The maximum absolute atomic E-state index is 15.1. The summed E-state index contributed by atoms with van der Waals surface area (Å²) < 4.78 is 0. The van der Waals surface area contributed by atoms with Crippen molar-refractivity contribution in [3.8, 4) is 5.75 Å². The minimum absolute atomic E-state index is 0.0640. The van der Waals surface area contributed by atoms with Crippen molar-refractivity contribution in [2.24, 2.45) is 23.7 Å². The van der Waals surface area contributed by atoms with Crippen LogP contribution < -0.4 is 0 Å². The molecule has 0 aromatic heterocycles. The van der Waals surface area contributed by atoms with E-state index in [0.717, 1.165) is 48.8 Å². The number of benzene rings is 3. The second-order valence-electron chi connectivity index (χ2n) is 14.2. The molecule has 6 unspecified atom stereocenters. The fourth-order valence-electron chi connectivity index (χ4n) is 9.83. The molecule has 0 spiro atoms. The SMILES string of the molecule is Cc1cc(C2C3=CCC4C(=O)N(C5CCCCC5)C(=O)C4C3CC3C(=O)C(c4ccccc4)=CC(=O)C32c2ccccc2)ccc1O. The molecule has 3 fully saturated rings. The molecule has 1 heterocycles. The normalized spacial score (nSPS) is 30.7. The number of allylic oxidation sites excluding steroid dienone is 4. The fourth-order valence-corrected chi connectivity index (χ4v) is 9.83. The summed E-state index contributed by atoms with van der Waals surface area (Å²) in [4.78, 5) is 60.1. The lowest BCUT2D eigenvalue weighted by Crippen LogP contribution is -2.58. The third kappa shape index (κ3) is 4.37. The molecule has 4 aliphatic carbocycles. The fraction of sp³-hybridized carbons (Fsp3) is 0.366. The minimum atomic E-state index is -1.26. The molecule has 238 valence electrons. The van der Waals surface area contributed by atoms with E-state index < -0.39 is 29.1 Å². The Hall–Kier alpha value is -4.58. The van der Waals surface area contributed by atoms with E-state index in [-0.39, 0.29) is 41.1 Å². The molecule has 1 N–H and O–H groups in total. The van der Waals surface area contributed by atoms with E-state index in [1.54, 1.807) is 17.0 Å². The summed E-state index contributed by atoms with van der Waals surface area (Å²) in [5, 5.41) is 10.6. The zero-order chi connectivity index (χ0) is 32.4. The van der Waals surface area contributed by atoms with E-state index in [1.807, 2.05) is 79.7 Å². The number of phenols is 1. The van der Waals surface area contributed by atoms with Gasteiger partial charge in [0.25, 0.3) is 0 Å². The monoisotopic (exact) mass is 625 g/mol. The summed E-state index contributed by atoms with van der Waals surface area (Å²) >= 11 is 0. The number of likely N-dealkylation sites (tertiary alicyclic amines) is 1. The van der Waals surface area contributed by atoms with Crippen molar-refractivity contribution in [1.29, 1.82) is 0 Å². The Balaban J connectivity index is 1.35. The predicted molar refractivity (Wildman–Crippen MR) is 178 cm³/mol. The molecule has 1 aliphatic heterocycles. The maximum Gasteiger partial charge on any atom is 0.233 e. The van der Waals surface area contributed by atoms with E-state index in [1.165, 1.54) is 0 Å². The predicted octanol–water partition coefficient (Wildman–Crippen LogP) is 6.86. The first-order valence-corrected chi connectivity index (χ1v) is 17.1. The van der Waals surface area contributed by atoms with Gasteiger partial charge in [-0.15, -0.1) is 0 Å². The highest BCUT2D eigenvalue weighted by Crippen LogP contribution is 2.64. The molecular formula is C41H39NO5. The average Bonchev–Trinajstić information content (AvgIpc) is 3.36. The van der Waals surface area contributed by atoms with Crippen LogP contribution in [0.1, 0.15) is 73.1 Å². The average molecular weight is 626 g/mol. The molecule has 8 rings (SSSR count). The van der Waals surface area contributed by atoms with Gasteiger partial charge in [-0.1, -0.05) is 104 Å². The number of Topliss-reactive ketones (excluding diaryl/α,β-unsaturated/α-hetero) is 1. The first-order chi connectivity index (χ1) is 22.8. The van der Waals surface area contributed by atoms with Crippen LogP contribution in [-0.4, -0.2) is 39.4 Å². The number of phenolic OH excluding ortho intramolecular Hbond substituents is 1. The summed E-state index contributed by atoms with van der Waals surface area (Å²) in [5.74, 6) is -2.98. The summed E-state index contributed by atoms with van der Waals surface area (Å²) in [6.07, 6.45) is 9.23. The molecule has 0 bridgehead atoms. The number of aryl methyl sites for hydroxylation is 1. The number of carbonyl (C=O) groups is 4. The van der Waals surface area contributed by atoms with Crippen molar-refractivity contribution in [2.45, 2.75) is 69.2 Å². The molecule has 47 heavy (non-hydrogen) atoms. The number of ketones is 2. The van der Waals surface area contributed by atoms with Gasteiger partial charge in [0.1, 0.15) is 5.75 Å². The van der Waals surface area contributed by atoms with Crippen LogP contribution in [0.3, 0.4) is 0 Å². The third-order valence-corrected chi connectivity index (χ3v) is 11.9. The van der Waals surface area contributed by atoms with Gasteiger partial charge in [0.05, 0.1) is 17.3 Å². The van der Waals surface area contributed by atoms with E-state index in [9.17, 15) is 19.5 Å². The number of imide groups is 1. The van der Waals surface area contributed by atoms with Crippen LogP contribution in [-0.2, 0) is 24.6 Å². The van der Waals surface area contributed by atoms with Gasteiger partial charge in [0, 0.05) is 23.5 Å². The molecule has 2 saturated carbocycles. The van der Waals surface area contributed by atoms with Gasteiger partial charge in [-0.05, 0) is 72.9 Å². The number of nitrogens with zero attached hydrogens (tertiary/aromatic N) is 1. The standard InChI is InChI=1S/C41H39NO5/c1-24-21-26(17-20-34(24)43)37-29-18-19-30-36(40(47)42(39(30)46)28-15-9-4-10-16-28)32(29)22-33-38(45)31(25-11-5-2-6-12-25)23-35(44)41(33,37)27-13-7-3-8-14-27/h2-3,5-8,11-14,17-18,20-21,23,28,30,32-33,36-37,43H,4,9-10,15-16,19,22H2,1H3. The van der Waals surface area contributed by atoms with Crippen LogP contribution in [0.5, 0.6) is 5.75 Å². The Labute approximate surface area is 275 Å².